The van der Waals surface area contributed by atoms with Crippen molar-refractivity contribution in [2.45, 2.75) is 0 Å². The van der Waals surface area contributed by atoms with E-state index in [-0.39, 0.29) is 180 Å². The van der Waals surface area contributed by atoms with E-state index in [0.717, 1.165) is 0 Å². The van der Waals surface area contributed by atoms with Crippen molar-refractivity contribution >= 4 is 0 Å². The fourth-order valence-electron chi connectivity index (χ4n) is 0. The van der Waals surface area contributed by atoms with Crippen LogP contribution in [0.3, 0.4) is 0 Å². The standard InChI is InChI=1S/2Ce.2Gd.3O/q;;2*+3;3*-2. The molecule has 7 heteroatoms. The van der Waals surface area contributed by atoms with Crippen molar-refractivity contribution in [3.8, 4) is 0 Å². The van der Waals surface area contributed by atoms with Gasteiger partial charge in [0.25, 0.3) is 0 Å². The van der Waals surface area contributed by atoms with E-state index in [1.54, 1.807) is 0 Å². The van der Waals surface area contributed by atoms with Crippen LogP contribution in [0.2, 0.25) is 0 Å². The van der Waals surface area contributed by atoms with Gasteiger partial charge in [-0.05, 0) is 0 Å². The van der Waals surface area contributed by atoms with Crippen LogP contribution < -0.4 is 0 Å². The monoisotopic (exact) mass is 644 g/mol. The summed E-state index contributed by atoms with van der Waals surface area (Å²) in [4.78, 5) is 0. The quantitative estimate of drug-likeness (QED) is 0.346. The van der Waals surface area contributed by atoms with Gasteiger partial charge < -0.3 is 16.4 Å². The Morgan fingerprint density at radius 3 is 0.429 bits per heavy atom. The van der Waals surface area contributed by atoms with Gasteiger partial charge in [-0.25, -0.2) is 0 Å². The second-order valence-electron chi connectivity index (χ2n) is 0. The molecule has 0 unspecified atom stereocenters. The predicted octanol–water partition coefficient (Wildman–Crippen LogP) is -0.356. The van der Waals surface area contributed by atoms with Crippen molar-refractivity contribution in [2.75, 3.05) is 0 Å². The third-order valence-corrected chi connectivity index (χ3v) is 0. The van der Waals surface area contributed by atoms with Crippen LogP contribution in [-0.4, -0.2) is 0 Å². The van der Waals surface area contributed by atoms with Crippen molar-refractivity contribution in [3.05, 3.63) is 0 Å². The normalized spacial score (nSPS) is 0. The minimum absolute atomic E-state index is 0. The van der Waals surface area contributed by atoms with E-state index in [1.807, 2.05) is 0 Å². The molecule has 0 aromatic carbocycles. The maximum absolute atomic E-state index is 0. The first-order valence-corrected chi connectivity index (χ1v) is 0. The Balaban J connectivity index is 0. The van der Waals surface area contributed by atoms with Crippen LogP contribution in [0.5, 0.6) is 0 Å². The van der Waals surface area contributed by atoms with Gasteiger partial charge in [0.05, 0.1) is 0 Å². The van der Waals surface area contributed by atoms with Gasteiger partial charge in [-0.3, -0.25) is 0 Å². The van der Waals surface area contributed by atoms with E-state index in [0.29, 0.717) is 0 Å². The van der Waals surface area contributed by atoms with Crippen LogP contribution in [0.1, 0.15) is 0 Å². The largest absolute Gasteiger partial charge is 3.00 e. The molecule has 3 nitrogen and oxygen atoms in total. The first-order valence-electron chi connectivity index (χ1n) is 0. The maximum Gasteiger partial charge on any atom is 3.00 e. The van der Waals surface area contributed by atoms with E-state index in [4.69, 9.17) is 0 Å². The first-order chi connectivity index (χ1) is 0. The van der Waals surface area contributed by atoms with Crippen LogP contribution in [0.4, 0.5) is 0 Å². The molecule has 0 rings (SSSR count). The molecule has 0 fully saturated rings. The molecule has 42 valence electrons. The minimum atomic E-state index is 0. The van der Waals surface area contributed by atoms with Crippen LogP contribution in [0.25, 0.3) is 0 Å². The Morgan fingerprint density at radius 2 is 0.429 bits per heavy atom. The van der Waals surface area contributed by atoms with E-state index >= 15 is 0 Å². The van der Waals surface area contributed by atoms with Crippen LogP contribution in [-0.2, 0) is 16.4 Å². The van der Waals surface area contributed by atoms with Crippen LogP contribution >= 0.6 is 0 Å². The Morgan fingerprint density at radius 1 is 0.429 bits per heavy atom. The fraction of sp³-hybridized carbons (Fsp3) is 0. The summed E-state index contributed by atoms with van der Waals surface area (Å²) in [5.41, 5.74) is 0. The van der Waals surface area contributed by atoms with Gasteiger partial charge in [0.2, 0.25) is 0 Å². The topological polar surface area (TPSA) is 85.5 Å². The van der Waals surface area contributed by atoms with Crippen molar-refractivity contribution in [2.24, 2.45) is 0 Å². The summed E-state index contributed by atoms with van der Waals surface area (Å²) >= 11 is 0. The molecule has 0 aliphatic rings. The van der Waals surface area contributed by atoms with E-state index < -0.39 is 0 Å². The molecule has 7 heavy (non-hydrogen) atoms. The molecule has 0 aliphatic carbocycles. The molecular weight excluding hydrogens is 643 g/mol. The van der Waals surface area contributed by atoms with Gasteiger partial charge in [0, 0.05) is 83.5 Å². The number of hydrogen-bond donors (Lipinski definition) is 0. The second-order valence-corrected chi connectivity index (χ2v) is 0. The number of rotatable bonds is 0. The smallest absolute Gasteiger partial charge is 2.00 e. The molecule has 0 saturated carbocycles. The molecule has 0 N–H and O–H groups in total. The van der Waals surface area contributed by atoms with Gasteiger partial charge in [-0.2, -0.15) is 0 Å². The van der Waals surface area contributed by atoms with Crippen molar-refractivity contribution < 1.29 is 180 Å². The Bertz CT molecular complexity index is 10.9. The maximum atomic E-state index is 0. The molecular formula is Ce2Gd2O3. The fourth-order valence-corrected chi connectivity index (χ4v) is 0. The zero-order valence-electron chi connectivity index (χ0n) is 2.93. The van der Waals surface area contributed by atoms with Crippen LogP contribution in [0, 0.1) is 163 Å². The molecule has 0 aliphatic heterocycles. The molecule has 0 aromatic rings. The average Bonchev–Trinajstić information content (AvgIpc) is 0. The Hall–Kier alpha value is 5.28. The molecule has 0 amide bonds. The van der Waals surface area contributed by atoms with E-state index in [1.165, 1.54) is 0 Å². The molecule has 0 saturated heterocycles. The average molecular weight is 643 g/mol. The third-order valence-electron chi connectivity index (χ3n) is 0. The van der Waals surface area contributed by atoms with Gasteiger partial charge in [0.1, 0.15) is 0 Å². The Kier molecular flexibility index (Phi) is 342. The minimum Gasteiger partial charge on any atom is -2.00 e. The summed E-state index contributed by atoms with van der Waals surface area (Å²) in [7, 11) is 0. The summed E-state index contributed by atoms with van der Waals surface area (Å²) < 4.78 is 0. The summed E-state index contributed by atoms with van der Waals surface area (Å²) in [6.45, 7) is 0. The zero-order chi connectivity index (χ0) is 0. The summed E-state index contributed by atoms with van der Waals surface area (Å²) in [5, 5.41) is 0. The number of hydrogen-bond acceptors (Lipinski definition) is 0. The molecule has 2 radical (unpaired) electrons. The van der Waals surface area contributed by atoms with E-state index in [9.17, 15) is 0 Å². The molecule has 0 aromatic heterocycles. The van der Waals surface area contributed by atoms with Crippen molar-refractivity contribution in [3.63, 3.8) is 0 Å². The SMILES string of the molecule is [Ce].[Ce].[Gd+3].[Gd+3].[O-2].[O-2].[O-2]. The van der Waals surface area contributed by atoms with Crippen molar-refractivity contribution in [1.82, 2.24) is 0 Å². The second kappa shape index (κ2) is 42.7. The molecule has 0 spiro atoms. The predicted molar refractivity (Wildman–Crippen MR) is 2.06 cm³/mol. The summed E-state index contributed by atoms with van der Waals surface area (Å²) in [6, 6.07) is 0. The van der Waals surface area contributed by atoms with Gasteiger partial charge in [-0.15, -0.1) is 0 Å². The van der Waals surface area contributed by atoms with Crippen LogP contribution in [0.15, 0.2) is 0 Å². The van der Waals surface area contributed by atoms with Crippen molar-refractivity contribution in [1.29, 1.82) is 0 Å². The zero-order valence-corrected chi connectivity index (χ0v) is 13.7. The van der Waals surface area contributed by atoms with E-state index in [2.05, 4.69) is 0 Å². The first kappa shape index (κ1) is 56.0. The Labute approximate surface area is 174 Å². The summed E-state index contributed by atoms with van der Waals surface area (Å²) in [5.74, 6) is 0. The molecule has 0 bridgehead atoms. The molecule has 0 atom stereocenters. The summed E-state index contributed by atoms with van der Waals surface area (Å²) in [6.07, 6.45) is 0. The molecule has 0 heterocycles. The van der Waals surface area contributed by atoms with Gasteiger partial charge in [-0.1, -0.05) is 0 Å². The van der Waals surface area contributed by atoms with Gasteiger partial charge >= 0.3 is 79.9 Å². The third kappa shape index (κ3) is 34.8. The van der Waals surface area contributed by atoms with Gasteiger partial charge in [0.15, 0.2) is 0 Å².